The van der Waals surface area contributed by atoms with Gasteiger partial charge in [0.05, 0.1) is 18.6 Å². The topological polar surface area (TPSA) is 55.6 Å². The van der Waals surface area contributed by atoms with Gasteiger partial charge in [0.25, 0.3) is 0 Å². The molecule has 2 N–H and O–H groups in total. The van der Waals surface area contributed by atoms with Gasteiger partial charge in [0.2, 0.25) is 5.91 Å². The Morgan fingerprint density at radius 1 is 1.56 bits per heavy atom. The first-order chi connectivity index (χ1) is 8.59. The van der Waals surface area contributed by atoms with Crippen LogP contribution in [-0.4, -0.2) is 31.1 Å². The van der Waals surface area contributed by atoms with E-state index < -0.39 is 0 Å². The molecule has 1 aromatic carbocycles. The van der Waals surface area contributed by atoms with Crippen molar-refractivity contribution in [1.82, 2.24) is 4.90 Å². The van der Waals surface area contributed by atoms with Crippen molar-refractivity contribution in [2.24, 2.45) is 5.92 Å². The van der Waals surface area contributed by atoms with Crippen LogP contribution < -0.4 is 5.73 Å². The maximum Gasteiger partial charge on any atom is 0.228 e. The molecular formula is C14H20N2O2. The molecular weight excluding hydrogens is 228 g/mol. The van der Waals surface area contributed by atoms with Crippen LogP contribution in [0.2, 0.25) is 0 Å². The molecule has 1 amide bonds. The number of nitrogen functional groups attached to an aromatic ring is 1. The van der Waals surface area contributed by atoms with Crippen LogP contribution in [0.5, 0.6) is 0 Å². The van der Waals surface area contributed by atoms with Crippen molar-refractivity contribution in [2.45, 2.75) is 19.4 Å². The van der Waals surface area contributed by atoms with Gasteiger partial charge in [0.15, 0.2) is 0 Å². The zero-order valence-corrected chi connectivity index (χ0v) is 10.9. The van der Waals surface area contributed by atoms with Gasteiger partial charge in [-0.05, 0) is 31.0 Å². The fraction of sp³-hybridized carbons (Fsp3) is 0.500. The van der Waals surface area contributed by atoms with E-state index in [2.05, 4.69) is 0 Å². The first-order valence-corrected chi connectivity index (χ1v) is 6.29. The molecule has 1 heterocycles. The van der Waals surface area contributed by atoms with E-state index in [-0.39, 0.29) is 17.9 Å². The molecule has 98 valence electrons. The lowest BCUT2D eigenvalue weighted by Gasteiger charge is -2.27. The van der Waals surface area contributed by atoms with Crippen molar-refractivity contribution in [3.8, 4) is 0 Å². The molecule has 0 aromatic heterocycles. The molecule has 1 aliphatic rings. The minimum atomic E-state index is 0.0125. The Morgan fingerprint density at radius 3 is 2.94 bits per heavy atom. The monoisotopic (exact) mass is 248 g/mol. The minimum absolute atomic E-state index is 0.0125. The highest BCUT2D eigenvalue weighted by Gasteiger charge is 2.28. The smallest absolute Gasteiger partial charge is 0.228 e. The number of anilines is 1. The lowest BCUT2D eigenvalue weighted by atomic mass is 10.0. The number of nitrogens with zero attached hydrogens (tertiary/aromatic N) is 1. The van der Waals surface area contributed by atoms with Gasteiger partial charge >= 0.3 is 0 Å². The molecule has 1 aliphatic heterocycles. The van der Waals surface area contributed by atoms with Crippen LogP contribution in [0.4, 0.5) is 5.69 Å². The Kier molecular flexibility index (Phi) is 3.87. The number of amides is 1. The first-order valence-electron chi connectivity index (χ1n) is 6.29. The van der Waals surface area contributed by atoms with Crippen molar-refractivity contribution >= 4 is 11.6 Å². The number of ether oxygens (including phenoxy) is 1. The standard InChI is InChI=1S/C14H20N2O2/c1-10(11-4-3-5-13(15)8-11)16(2)14(17)12-6-7-18-9-12/h3-5,8,10,12H,6-7,9,15H2,1-2H3. The van der Waals surface area contributed by atoms with Crippen LogP contribution in [-0.2, 0) is 9.53 Å². The molecule has 1 saturated heterocycles. The van der Waals surface area contributed by atoms with E-state index in [9.17, 15) is 4.79 Å². The summed E-state index contributed by atoms with van der Waals surface area (Å²) in [4.78, 5) is 14.0. The Bertz CT molecular complexity index is 428. The van der Waals surface area contributed by atoms with Gasteiger partial charge < -0.3 is 15.4 Å². The van der Waals surface area contributed by atoms with Gasteiger partial charge in [-0.2, -0.15) is 0 Å². The van der Waals surface area contributed by atoms with E-state index in [1.165, 1.54) is 0 Å². The predicted molar refractivity (Wildman–Crippen MR) is 71.0 cm³/mol. The third-order valence-electron chi connectivity index (χ3n) is 3.60. The van der Waals surface area contributed by atoms with Crippen LogP contribution in [0.3, 0.4) is 0 Å². The van der Waals surface area contributed by atoms with Gasteiger partial charge in [0.1, 0.15) is 0 Å². The third kappa shape index (κ3) is 2.64. The minimum Gasteiger partial charge on any atom is -0.399 e. The number of rotatable bonds is 3. The summed E-state index contributed by atoms with van der Waals surface area (Å²) in [5.41, 5.74) is 7.56. The fourth-order valence-electron chi connectivity index (χ4n) is 2.25. The summed E-state index contributed by atoms with van der Waals surface area (Å²) < 4.78 is 5.27. The number of nitrogens with two attached hydrogens (primary N) is 1. The second-order valence-electron chi connectivity index (χ2n) is 4.86. The zero-order chi connectivity index (χ0) is 13.1. The number of carbonyl (C=O) groups excluding carboxylic acids is 1. The summed E-state index contributed by atoms with van der Waals surface area (Å²) in [6.45, 7) is 3.26. The molecule has 4 nitrogen and oxygen atoms in total. The fourth-order valence-corrected chi connectivity index (χ4v) is 2.25. The number of carbonyl (C=O) groups is 1. The first kappa shape index (κ1) is 12.9. The van der Waals surface area contributed by atoms with Crippen molar-refractivity contribution in [3.05, 3.63) is 29.8 Å². The Morgan fingerprint density at radius 2 is 2.33 bits per heavy atom. The van der Waals surface area contributed by atoms with E-state index in [0.29, 0.717) is 13.2 Å². The molecule has 0 bridgehead atoms. The maximum absolute atomic E-state index is 12.3. The molecule has 18 heavy (non-hydrogen) atoms. The second-order valence-corrected chi connectivity index (χ2v) is 4.86. The van der Waals surface area contributed by atoms with Crippen molar-refractivity contribution in [1.29, 1.82) is 0 Å². The van der Waals surface area contributed by atoms with Crippen molar-refractivity contribution in [2.75, 3.05) is 26.0 Å². The Balaban J connectivity index is 2.08. The van der Waals surface area contributed by atoms with Gasteiger partial charge in [-0.25, -0.2) is 0 Å². The van der Waals surface area contributed by atoms with Gasteiger partial charge in [-0.1, -0.05) is 12.1 Å². The summed E-state index contributed by atoms with van der Waals surface area (Å²) in [6, 6.07) is 7.71. The maximum atomic E-state index is 12.3. The zero-order valence-electron chi connectivity index (χ0n) is 10.9. The number of hydrogen-bond donors (Lipinski definition) is 1. The van der Waals surface area contributed by atoms with E-state index in [1.54, 1.807) is 4.90 Å². The molecule has 0 spiro atoms. The van der Waals surface area contributed by atoms with Crippen LogP contribution >= 0.6 is 0 Å². The largest absolute Gasteiger partial charge is 0.399 e. The quantitative estimate of drug-likeness (QED) is 0.830. The molecule has 0 aliphatic carbocycles. The second kappa shape index (κ2) is 5.40. The summed E-state index contributed by atoms with van der Waals surface area (Å²) in [7, 11) is 1.84. The highest BCUT2D eigenvalue weighted by atomic mass is 16.5. The molecule has 1 aromatic rings. The molecule has 1 fully saturated rings. The molecule has 0 saturated carbocycles. The van der Waals surface area contributed by atoms with E-state index in [1.807, 2.05) is 38.2 Å². The van der Waals surface area contributed by atoms with Crippen molar-refractivity contribution in [3.63, 3.8) is 0 Å². The normalized spacial score (nSPS) is 20.7. The number of hydrogen-bond acceptors (Lipinski definition) is 3. The summed E-state index contributed by atoms with van der Waals surface area (Å²) in [6.07, 6.45) is 0.826. The highest BCUT2D eigenvalue weighted by molar-refractivity contribution is 5.79. The summed E-state index contributed by atoms with van der Waals surface area (Å²) in [5.74, 6) is 0.168. The van der Waals surface area contributed by atoms with Gasteiger partial charge in [-0.15, -0.1) is 0 Å². The van der Waals surface area contributed by atoms with Crippen LogP contribution in [0.1, 0.15) is 24.9 Å². The summed E-state index contributed by atoms with van der Waals surface area (Å²) in [5, 5.41) is 0. The third-order valence-corrected chi connectivity index (χ3v) is 3.60. The number of benzene rings is 1. The Hall–Kier alpha value is -1.55. The van der Waals surface area contributed by atoms with Crippen LogP contribution in [0.15, 0.2) is 24.3 Å². The SMILES string of the molecule is CC(c1cccc(N)c1)N(C)C(=O)C1CCOC1. The predicted octanol–water partition coefficient (Wildman–Crippen LogP) is 1.82. The Labute approximate surface area is 108 Å². The van der Waals surface area contributed by atoms with E-state index in [4.69, 9.17) is 10.5 Å². The molecule has 0 radical (unpaired) electrons. The average molecular weight is 248 g/mol. The van der Waals surface area contributed by atoms with E-state index in [0.717, 1.165) is 17.7 Å². The van der Waals surface area contributed by atoms with Crippen LogP contribution in [0.25, 0.3) is 0 Å². The van der Waals surface area contributed by atoms with Gasteiger partial charge in [-0.3, -0.25) is 4.79 Å². The van der Waals surface area contributed by atoms with Crippen LogP contribution in [0, 0.1) is 5.92 Å². The molecule has 2 atom stereocenters. The lowest BCUT2D eigenvalue weighted by Crippen LogP contribution is -2.35. The van der Waals surface area contributed by atoms with E-state index >= 15 is 0 Å². The molecule has 2 rings (SSSR count). The highest BCUT2D eigenvalue weighted by Crippen LogP contribution is 2.24. The van der Waals surface area contributed by atoms with Crippen molar-refractivity contribution < 1.29 is 9.53 Å². The lowest BCUT2D eigenvalue weighted by molar-refractivity contribution is -0.136. The summed E-state index contributed by atoms with van der Waals surface area (Å²) >= 11 is 0. The van der Waals surface area contributed by atoms with Gasteiger partial charge in [0, 0.05) is 19.3 Å². The molecule has 4 heteroatoms. The average Bonchev–Trinajstić information content (AvgIpc) is 2.90. The molecule has 2 unspecified atom stereocenters.